The molecule has 10 aromatic rings. The second-order valence-electron chi connectivity index (χ2n) is 10.9. The highest BCUT2D eigenvalue weighted by Gasteiger charge is 2.19. The van der Waals surface area contributed by atoms with Crippen LogP contribution in [-0.4, -0.2) is 0 Å². The van der Waals surface area contributed by atoms with Crippen molar-refractivity contribution < 1.29 is 34.9 Å². The van der Waals surface area contributed by atoms with Gasteiger partial charge in [0.15, 0.2) is 0 Å². The van der Waals surface area contributed by atoms with Crippen LogP contribution in [0.2, 0.25) is 0 Å². The second kappa shape index (κ2) is 11.0. The Labute approximate surface area is 309 Å². The molecule has 2 aromatic heterocycles. The van der Waals surface area contributed by atoms with Crippen molar-refractivity contribution >= 4 is 71.7 Å². The molecule has 0 atom stereocenters. The zero-order valence-corrected chi connectivity index (χ0v) is 25.0. The zero-order valence-electron chi connectivity index (χ0n) is 44.0. The van der Waals surface area contributed by atoms with E-state index in [1.165, 1.54) is 36.4 Å². The number of rotatable bonds is 5. The molecule has 49 heavy (non-hydrogen) atoms. The van der Waals surface area contributed by atoms with Crippen molar-refractivity contribution in [2.45, 2.75) is 0 Å². The number of anilines is 3. The van der Waals surface area contributed by atoms with E-state index < -0.39 is 130 Å². The average molecular weight is 647 g/mol. The normalized spacial score (nSPS) is 17.1. The number of para-hydroxylation sites is 1. The Morgan fingerprint density at radius 2 is 1.04 bits per heavy atom. The first-order valence-electron chi connectivity index (χ1n) is 24.6. The van der Waals surface area contributed by atoms with Gasteiger partial charge in [0.2, 0.25) is 0 Å². The lowest BCUT2D eigenvalue weighted by atomic mass is 9.95. The van der Waals surface area contributed by atoms with E-state index in [4.69, 9.17) is 21.2 Å². The van der Waals surface area contributed by atoms with Crippen LogP contribution in [0.15, 0.2) is 184 Å². The highest BCUT2D eigenvalue weighted by Crippen LogP contribution is 2.44. The topological polar surface area (TPSA) is 29.5 Å². The van der Waals surface area contributed by atoms with Gasteiger partial charge in [0.25, 0.3) is 0 Å². The van der Waals surface area contributed by atoms with Crippen LogP contribution in [0.25, 0.3) is 76.9 Å². The smallest absolute Gasteiger partial charge is 0.137 e. The molecule has 10 rings (SSSR count). The van der Waals surface area contributed by atoms with E-state index in [1.807, 2.05) is 0 Å². The standard InChI is InChI=1S/C46H29NO2/c1-3-11-30(12-4-1)31-19-21-33(22-20-31)47(34-24-26-43-41(27-34)37-16-9-10-18-42(37)48-43)35-23-25-39-44(28-35)49-45-29-40(32-13-5-2-6-14-32)36-15-7-8-17-38(36)46(39)45/h1-29H/i7D,8D,11D,12D,13D,14D,15D,17D,19D,20D,21D,22D,23D,24D,25D,26D,27D,28D,29D. The molecule has 0 unspecified atom stereocenters. The Balaban J connectivity index is 1.41. The van der Waals surface area contributed by atoms with Crippen LogP contribution in [0.5, 0.6) is 0 Å². The van der Waals surface area contributed by atoms with E-state index in [9.17, 15) is 13.7 Å². The van der Waals surface area contributed by atoms with Gasteiger partial charge in [0.05, 0.1) is 26.0 Å². The molecule has 0 saturated heterocycles. The summed E-state index contributed by atoms with van der Waals surface area (Å²) in [7, 11) is 0. The van der Waals surface area contributed by atoms with Crippen LogP contribution >= 0.6 is 0 Å². The minimum atomic E-state index is -0.909. The van der Waals surface area contributed by atoms with Crippen LogP contribution in [0.4, 0.5) is 17.1 Å². The summed E-state index contributed by atoms with van der Waals surface area (Å²) in [5.74, 6) is 0. The Morgan fingerprint density at radius 1 is 0.388 bits per heavy atom. The third-order valence-corrected chi connectivity index (χ3v) is 8.08. The molecule has 0 fully saturated rings. The van der Waals surface area contributed by atoms with Crippen LogP contribution in [0.1, 0.15) is 26.0 Å². The fraction of sp³-hybridized carbons (Fsp3) is 0. The first-order valence-corrected chi connectivity index (χ1v) is 15.1. The molecule has 0 aliphatic rings. The zero-order chi connectivity index (χ0) is 48.8. The predicted octanol–water partition coefficient (Wildman–Crippen LogP) is 13.4. The number of hydrogen-bond acceptors (Lipinski definition) is 3. The summed E-state index contributed by atoms with van der Waals surface area (Å²) >= 11 is 0. The molecule has 230 valence electrons. The molecule has 0 N–H and O–H groups in total. The molecule has 8 aromatic carbocycles. The third-order valence-electron chi connectivity index (χ3n) is 8.08. The maximum absolute atomic E-state index is 9.85. The number of benzene rings is 8. The Hall–Kier alpha value is -6.58. The maximum Gasteiger partial charge on any atom is 0.137 e. The summed E-state index contributed by atoms with van der Waals surface area (Å²) in [4.78, 5) is 0.734. The summed E-state index contributed by atoms with van der Waals surface area (Å²) in [6.07, 6.45) is 0. The van der Waals surface area contributed by atoms with Crippen molar-refractivity contribution in [2.24, 2.45) is 0 Å². The van der Waals surface area contributed by atoms with Gasteiger partial charge in [-0.05, 0) is 87.4 Å². The van der Waals surface area contributed by atoms with E-state index in [2.05, 4.69) is 0 Å². The maximum atomic E-state index is 9.85. The molecular weight excluding hydrogens is 599 g/mol. The van der Waals surface area contributed by atoms with Crippen LogP contribution in [-0.2, 0) is 0 Å². The van der Waals surface area contributed by atoms with Gasteiger partial charge in [-0.15, -0.1) is 0 Å². The SMILES string of the molecule is [2H]c1cccc([2H])c1-c1c([2H])c([2H])c(N(c2c([2H])c([2H])c3c(oc4c([2H])c(-c5c([2H])cccc5[2H])c5c([2H])c([2H])c([2H])c([2H])c5c43)c2[2H])c2c([2H])c([2H])c3oc4ccccc4c3c2[2H])c([2H])c1[2H]. The van der Waals surface area contributed by atoms with Crippen molar-refractivity contribution in [3.8, 4) is 22.3 Å². The number of hydrogen-bond donors (Lipinski definition) is 0. The average Bonchev–Trinajstić information content (AvgIpc) is 3.90. The van der Waals surface area contributed by atoms with Crippen molar-refractivity contribution in [1.82, 2.24) is 0 Å². The van der Waals surface area contributed by atoms with Crippen molar-refractivity contribution in [3.63, 3.8) is 0 Å². The van der Waals surface area contributed by atoms with Gasteiger partial charge < -0.3 is 13.7 Å². The summed E-state index contributed by atoms with van der Waals surface area (Å²) in [5.41, 5.74) is -4.33. The highest BCUT2D eigenvalue weighted by molar-refractivity contribution is 6.22. The summed E-state index contributed by atoms with van der Waals surface area (Å²) < 4.78 is 186. The monoisotopic (exact) mass is 646 g/mol. The molecule has 0 radical (unpaired) electrons. The molecular formula is C46H29NO2. The quantitative estimate of drug-likeness (QED) is 0.186. The molecule has 0 spiro atoms. The Bertz CT molecular complexity index is 3870. The van der Waals surface area contributed by atoms with Crippen molar-refractivity contribution in [1.29, 1.82) is 0 Å². The van der Waals surface area contributed by atoms with Crippen molar-refractivity contribution in [3.05, 3.63) is 175 Å². The van der Waals surface area contributed by atoms with Gasteiger partial charge in [-0.2, -0.15) is 0 Å². The molecule has 2 heterocycles. The largest absolute Gasteiger partial charge is 0.456 e. The number of furan rings is 2. The molecule has 0 amide bonds. The van der Waals surface area contributed by atoms with E-state index in [1.54, 1.807) is 24.3 Å². The summed E-state index contributed by atoms with van der Waals surface area (Å²) in [5, 5.41) is -1.02. The fourth-order valence-corrected chi connectivity index (χ4v) is 5.90. The van der Waals surface area contributed by atoms with Gasteiger partial charge in [-0.1, -0.05) is 115 Å². The second-order valence-corrected chi connectivity index (χ2v) is 10.9. The van der Waals surface area contributed by atoms with Gasteiger partial charge in [-0.3, -0.25) is 0 Å². The van der Waals surface area contributed by atoms with Gasteiger partial charge in [0, 0.05) is 44.6 Å². The molecule has 3 heteroatoms. The summed E-state index contributed by atoms with van der Waals surface area (Å²) in [6.45, 7) is 0. The van der Waals surface area contributed by atoms with E-state index in [-0.39, 0.29) is 73.6 Å². The Kier molecular flexibility index (Phi) is 3.30. The number of fused-ring (bicyclic) bond motifs is 8. The van der Waals surface area contributed by atoms with E-state index in [0.717, 1.165) is 4.90 Å². The minimum Gasteiger partial charge on any atom is -0.456 e. The molecule has 0 saturated carbocycles. The van der Waals surface area contributed by atoms with Crippen molar-refractivity contribution in [2.75, 3.05) is 4.90 Å². The van der Waals surface area contributed by atoms with E-state index >= 15 is 0 Å². The lowest BCUT2D eigenvalue weighted by Crippen LogP contribution is -2.09. The highest BCUT2D eigenvalue weighted by atomic mass is 16.3. The fourth-order valence-electron chi connectivity index (χ4n) is 5.90. The van der Waals surface area contributed by atoms with Gasteiger partial charge in [-0.25, -0.2) is 0 Å². The predicted molar refractivity (Wildman–Crippen MR) is 204 cm³/mol. The van der Waals surface area contributed by atoms with Crippen LogP contribution in [0.3, 0.4) is 0 Å². The van der Waals surface area contributed by atoms with E-state index in [0.29, 0.717) is 5.39 Å². The minimum absolute atomic E-state index is 0.0279. The van der Waals surface area contributed by atoms with Crippen LogP contribution < -0.4 is 4.90 Å². The van der Waals surface area contributed by atoms with Gasteiger partial charge >= 0.3 is 0 Å². The molecule has 0 aliphatic heterocycles. The lowest BCUT2D eigenvalue weighted by molar-refractivity contribution is 0.668. The van der Waals surface area contributed by atoms with Crippen LogP contribution in [0, 0.1) is 0 Å². The molecule has 0 bridgehead atoms. The first-order chi connectivity index (χ1) is 32.2. The lowest BCUT2D eigenvalue weighted by Gasteiger charge is -2.25. The number of nitrogens with zero attached hydrogens (tertiary/aromatic N) is 1. The Morgan fingerprint density at radius 3 is 1.86 bits per heavy atom. The molecule has 3 nitrogen and oxygen atoms in total. The third kappa shape index (κ3) is 4.51. The first kappa shape index (κ1) is 14.7. The van der Waals surface area contributed by atoms with Gasteiger partial charge in [0.1, 0.15) is 22.3 Å². The summed E-state index contributed by atoms with van der Waals surface area (Å²) in [6, 6.07) is 2.15. The molecule has 0 aliphatic carbocycles.